The van der Waals surface area contributed by atoms with Gasteiger partial charge in [-0.05, 0) is 37.3 Å². The van der Waals surface area contributed by atoms with E-state index >= 15 is 0 Å². The van der Waals surface area contributed by atoms with Gasteiger partial charge in [0.2, 0.25) is 0 Å². The summed E-state index contributed by atoms with van der Waals surface area (Å²) >= 11 is 0. The number of benzene rings is 1. The van der Waals surface area contributed by atoms with Crippen LogP contribution in [0.2, 0.25) is 0 Å². The highest BCUT2D eigenvalue weighted by atomic mass is 19.1. The maximum atomic E-state index is 14.0. The normalized spacial score (nSPS) is 11.1. The molecule has 0 aliphatic rings. The zero-order valence-electron chi connectivity index (χ0n) is 17.9. The monoisotopic (exact) mass is 440 g/mol. The summed E-state index contributed by atoms with van der Waals surface area (Å²) in [6.07, 6.45) is 4.75. The Kier molecular flexibility index (Phi) is 6.09. The standard InChI is InChI=1S/C24H21FN8/c1-2-33-20(8-10-31-33)21-17(13-29-14-19-18(25)7-4-9-30-19)22(27)24(28)32-23(21)16-6-3-5-15(11-16)12-26/h3-11,13H,2,14,27H2,1H3,(H2,28,32). The zero-order valence-corrected chi connectivity index (χ0v) is 17.9. The SMILES string of the molecule is CCn1nccc1-c1c(-c2cccc(C#N)c2)nc(N)c(N)c1C=NCc1ncccc1F. The van der Waals surface area contributed by atoms with E-state index in [9.17, 15) is 9.65 Å². The molecule has 9 heteroatoms. The molecule has 3 aromatic heterocycles. The molecule has 0 saturated carbocycles. The Morgan fingerprint density at radius 1 is 1.18 bits per heavy atom. The van der Waals surface area contributed by atoms with Crippen LogP contribution >= 0.6 is 0 Å². The average Bonchev–Trinajstić information content (AvgIpc) is 3.31. The smallest absolute Gasteiger partial charge is 0.148 e. The number of nitrogen functional groups attached to an aromatic ring is 2. The van der Waals surface area contributed by atoms with E-state index in [0.29, 0.717) is 34.5 Å². The Morgan fingerprint density at radius 3 is 2.79 bits per heavy atom. The van der Waals surface area contributed by atoms with Gasteiger partial charge in [-0.25, -0.2) is 9.37 Å². The van der Waals surface area contributed by atoms with Crippen molar-refractivity contribution in [3.8, 4) is 28.6 Å². The van der Waals surface area contributed by atoms with Gasteiger partial charge in [0.1, 0.15) is 11.6 Å². The molecule has 0 unspecified atom stereocenters. The molecule has 4 rings (SSSR count). The van der Waals surface area contributed by atoms with Gasteiger partial charge in [0.05, 0.1) is 40.9 Å². The minimum Gasteiger partial charge on any atom is -0.395 e. The molecule has 0 atom stereocenters. The van der Waals surface area contributed by atoms with Crippen LogP contribution in [-0.2, 0) is 13.1 Å². The quantitative estimate of drug-likeness (QED) is 0.438. The predicted molar refractivity (Wildman–Crippen MR) is 126 cm³/mol. The summed E-state index contributed by atoms with van der Waals surface area (Å²) in [5, 5.41) is 13.7. The van der Waals surface area contributed by atoms with Crippen LogP contribution in [0.25, 0.3) is 22.5 Å². The van der Waals surface area contributed by atoms with Crippen molar-refractivity contribution in [2.24, 2.45) is 4.99 Å². The summed E-state index contributed by atoms with van der Waals surface area (Å²) in [5.41, 5.74) is 16.7. The molecule has 0 fully saturated rings. The van der Waals surface area contributed by atoms with E-state index in [4.69, 9.17) is 11.5 Å². The second kappa shape index (κ2) is 9.28. The Morgan fingerprint density at radius 2 is 2.03 bits per heavy atom. The highest BCUT2D eigenvalue weighted by molar-refractivity contribution is 6.03. The van der Waals surface area contributed by atoms with Crippen LogP contribution in [0.1, 0.15) is 23.7 Å². The molecule has 0 aliphatic carbocycles. The Balaban J connectivity index is 1.93. The van der Waals surface area contributed by atoms with Gasteiger partial charge in [-0.15, -0.1) is 0 Å². The fourth-order valence-corrected chi connectivity index (χ4v) is 3.53. The van der Waals surface area contributed by atoms with Crippen LogP contribution in [0.15, 0.2) is 59.9 Å². The largest absolute Gasteiger partial charge is 0.395 e. The first-order valence-electron chi connectivity index (χ1n) is 10.2. The maximum Gasteiger partial charge on any atom is 0.148 e. The fraction of sp³-hybridized carbons (Fsp3) is 0.125. The van der Waals surface area contributed by atoms with Gasteiger partial charge in [-0.2, -0.15) is 10.4 Å². The third-order valence-electron chi connectivity index (χ3n) is 5.14. The lowest BCUT2D eigenvalue weighted by molar-refractivity contribution is 0.600. The van der Waals surface area contributed by atoms with E-state index in [1.807, 2.05) is 19.1 Å². The number of nitriles is 1. The molecule has 0 radical (unpaired) electrons. The van der Waals surface area contributed by atoms with Crippen molar-refractivity contribution in [1.82, 2.24) is 19.7 Å². The van der Waals surface area contributed by atoms with Crippen LogP contribution in [0.3, 0.4) is 0 Å². The first-order valence-corrected chi connectivity index (χ1v) is 10.2. The van der Waals surface area contributed by atoms with Crippen molar-refractivity contribution in [1.29, 1.82) is 5.26 Å². The Bertz CT molecular complexity index is 1380. The average molecular weight is 440 g/mol. The molecule has 4 N–H and O–H groups in total. The summed E-state index contributed by atoms with van der Waals surface area (Å²) < 4.78 is 15.8. The predicted octanol–water partition coefficient (Wildman–Crippen LogP) is 3.82. The molecule has 0 amide bonds. The van der Waals surface area contributed by atoms with Crippen LogP contribution in [0, 0.1) is 17.1 Å². The lowest BCUT2D eigenvalue weighted by atomic mass is 9.96. The van der Waals surface area contributed by atoms with E-state index < -0.39 is 5.82 Å². The number of nitrogens with zero attached hydrogens (tertiary/aromatic N) is 6. The molecule has 0 saturated heterocycles. The number of rotatable bonds is 6. The van der Waals surface area contributed by atoms with Gasteiger partial charge in [0, 0.05) is 41.8 Å². The summed E-state index contributed by atoms with van der Waals surface area (Å²) in [7, 11) is 0. The molecular weight excluding hydrogens is 419 g/mol. The van der Waals surface area contributed by atoms with Gasteiger partial charge in [-0.3, -0.25) is 14.7 Å². The second-order valence-electron chi connectivity index (χ2n) is 7.17. The van der Waals surface area contributed by atoms with E-state index in [1.165, 1.54) is 18.3 Å². The molecule has 0 bridgehead atoms. The molecule has 164 valence electrons. The van der Waals surface area contributed by atoms with Crippen LogP contribution in [0.5, 0.6) is 0 Å². The van der Waals surface area contributed by atoms with Crippen molar-refractivity contribution in [2.45, 2.75) is 20.0 Å². The highest BCUT2D eigenvalue weighted by Crippen LogP contribution is 2.38. The molecule has 0 aliphatic heterocycles. The lowest BCUT2D eigenvalue weighted by Crippen LogP contribution is -2.09. The van der Waals surface area contributed by atoms with Crippen LogP contribution in [0.4, 0.5) is 15.9 Å². The van der Waals surface area contributed by atoms with Crippen molar-refractivity contribution in [3.63, 3.8) is 0 Å². The molecule has 33 heavy (non-hydrogen) atoms. The van der Waals surface area contributed by atoms with E-state index in [2.05, 4.69) is 26.1 Å². The van der Waals surface area contributed by atoms with Crippen molar-refractivity contribution in [2.75, 3.05) is 11.5 Å². The summed E-state index contributed by atoms with van der Waals surface area (Å²) in [4.78, 5) is 13.0. The fourth-order valence-electron chi connectivity index (χ4n) is 3.53. The topological polar surface area (TPSA) is 132 Å². The van der Waals surface area contributed by atoms with Crippen LogP contribution in [-0.4, -0.2) is 26.0 Å². The van der Waals surface area contributed by atoms with E-state index in [0.717, 1.165) is 5.69 Å². The van der Waals surface area contributed by atoms with Crippen LogP contribution < -0.4 is 11.5 Å². The first kappa shape index (κ1) is 21.6. The maximum absolute atomic E-state index is 14.0. The number of aryl methyl sites for hydroxylation is 1. The number of aliphatic imine (C=N–C) groups is 1. The molecular formula is C24H21FN8. The van der Waals surface area contributed by atoms with Crippen molar-refractivity contribution < 1.29 is 4.39 Å². The number of hydrogen-bond acceptors (Lipinski definition) is 7. The number of halogens is 1. The molecule has 4 aromatic rings. The van der Waals surface area contributed by atoms with Gasteiger partial charge in [0.25, 0.3) is 0 Å². The van der Waals surface area contributed by atoms with Gasteiger partial charge >= 0.3 is 0 Å². The van der Waals surface area contributed by atoms with Crippen molar-refractivity contribution >= 4 is 17.7 Å². The minimum atomic E-state index is -0.435. The minimum absolute atomic E-state index is 0.0278. The van der Waals surface area contributed by atoms with Gasteiger partial charge in [0.15, 0.2) is 0 Å². The third kappa shape index (κ3) is 4.27. The van der Waals surface area contributed by atoms with Gasteiger partial charge in [-0.1, -0.05) is 12.1 Å². The summed E-state index contributed by atoms with van der Waals surface area (Å²) in [6.45, 7) is 2.61. The van der Waals surface area contributed by atoms with Crippen molar-refractivity contribution in [3.05, 3.63) is 77.5 Å². The van der Waals surface area contributed by atoms with E-state index in [1.54, 1.807) is 35.3 Å². The van der Waals surface area contributed by atoms with Gasteiger partial charge < -0.3 is 11.5 Å². The zero-order chi connectivity index (χ0) is 23.4. The number of pyridine rings is 2. The summed E-state index contributed by atoms with van der Waals surface area (Å²) in [5.74, 6) is -0.306. The Labute approximate surface area is 190 Å². The number of aromatic nitrogens is 4. The number of hydrogen-bond donors (Lipinski definition) is 2. The van der Waals surface area contributed by atoms with E-state index in [-0.39, 0.29) is 23.7 Å². The molecule has 3 heterocycles. The number of nitrogens with two attached hydrogens (primary N) is 2. The highest BCUT2D eigenvalue weighted by Gasteiger charge is 2.21. The third-order valence-corrected chi connectivity index (χ3v) is 5.14. The molecule has 8 nitrogen and oxygen atoms in total. The Hall–Kier alpha value is -4.58. The lowest BCUT2D eigenvalue weighted by Gasteiger charge is -2.17. The summed E-state index contributed by atoms with van der Waals surface area (Å²) in [6, 6.07) is 13.9. The molecule has 0 spiro atoms. The second-order valence-corrected chi connectivity index (χ2v) is 7.17. The molecule has 1 aromatic carbocycles. The first-order chi connectivity index (χ1) is 16.0. The number of anilines is 2.